The smallest absolute Gasteiger partial charge is 0.297 e. The van der Waals surface area contributed by atoms with E-state index in [9.17, 15) is 9.59 Å². The number of hydrogen-bond donors (Lipinski definition) is 1. The summed E-state index contributed by atoms with van der Waals surface area (Å²) < 4.78 is 1.32. The summed E-state index contributed by atoms with van der Waals surface area (Å²) in [4.78, 5) is 26.4. The summed E-state index contributed by atoms with van der Waals surface area (Å²) in [5.41, 5.74) is -0.106. The maximum atomic E-state index is 12.1. The molecular formula is C11H15ClN2O2. The zero-order valence-corrected chi connectivity index (χ0v) is 10.2. The molecule has 0 spiro atoms. The van der Waals surface area contributed by atoms with Crippen molar-refractivity contribution < 1.29 is 0 Å². The Morgan fingerprint density at radius 3 is 2.44 bits per heavy atom. The minimum atomic E-state index is -0.385. The summed E-state index contributed by atoms with van der Waals surface area (Å²) in [6.45, 7) is 3.79. The number of nitrogens with one attached hydrogen (secondary N) is 1. The molecule has 0 unspecified atom stereocenters. The van der Waals surface area contributed by atoms with Gasteiger partial charge < -0.3 is 0 Å². The van der Waals surface area contributed by atoms with Crippen molar-refractivity contribution in [2.24, 2.45) is 0 Å². The third kappa shape index (κ3) is 1.71. The second-order valence-electron chi connectivity index (χ2n) is 4.57. The molecule has 1 heterocycles. The van der Waals surface area contributed by atoms with Crippen molar-refractivity contribution in [3.63, 3.8) is 0 Å². The number of aromatic amines is 1. The predicted molar refractivity (Wildman–Crippen MR) is 63.3 cm³/mol. The van der Waals surface area contributed by atoms with Gasteiger partial charge in [0.25, 0.3) is 5.56 Å². The molecule has 0 aliphatic heterocycles. The van der Waals surface area contributed by atoms with Gasteiger partial charge in [0.2, 0.25) is 0 Å². The van der Waals surface area contributed by atoms with E-state index in [0.717, 1.165) is 19.3 Å². The van der Waals surface area contributed by atoms with E-state index in [1.54, 1.807) is 0 Å². The first-order valence-electron chi connectivity index (χ1n) is 5.56. The van der Waals surface area contributed by atoms with Crippen LogP contribution in [0.1, 0.15) is 50.6 Å². The fraction of sp³-hybridized carbons (Fsp3) is 0.636. The van der Waals surface area contributed by atoms with Crippen LogP contribution in [-0.4, -0.2) is 9.55 Å². The summed E-state index contributed by atoms with van der Waals surface area (Å²) in [7, 11) is 0. The summed E-state index contributed by atoms with van der Waals surface area (Å²) in [6.07, 6.45) is 2.89. The van der Waals surface area contributed by atoms with Gasteiger partial charge in [0.1, 0.15) is 5.15 Å². The van der Waals surface area contributed by atoms with E-state index in [-0.39, 0.29) is 28.4 Å². The second kappa shape index (κ2) is 4.09. The van der Waals surface area contributed by atoms with Crippen LogP contribution < -0.4 is 11.2 Å². The lowest BCUT2D eigenvalue weighted by Gasteiger charge is -2.27. The predicted octanol–water partition coefficient (Wildman–Crippen LogP) is 2.04. The van der Waals surface area contributed by atoms with E-state index >= 15 is 0 Å². The molecule has 1 aliphatic rings. The minimum Gasteiger partial charge on any atom is -0.297 e. The SMILES string of the molecule is CC(C)c1c(Cl)[nH]c(=O)n(C2CCC2)c1=O. The summed E-state index contributed by atoms with van der Waals surface area (Å²) in [5.74, 6) is 0.0168. The summed E-state index contributed by atoms with van der Waals surface area (Å²) >= 11 is 5.90. The fourth-order valence-corrected chi connectivity index (χ4v) is 2.39. The Balaban J connectivity index is 2.65. The zero-order valence-electron chi connectivity index (χ0n) is 9.42. The molecule has 2 rings (SSSR count). The van der Waals surface area contributed by atoms with Crippen LogP contribution >= 0.6 is 11.6 Å². The maximum Gasteiger partial charge on any atom is 0.329 e. The average Bonchev–Trinajstić information content (AvgIpc) is 2.07. The van der Waals surface area contributed by atoms with E-state index < -0.39 is 0 Å². The van der Waals surface area contributed by atoms with Gasteiger partial charge >= 0.3 is 5.69 Å². The molecule has 0 atom stereocenters. The first-order chi connectivity index (χ1) is 7.52. The molecule has 0 aromatic carbocycles. The number of halogens is 1. The van der Waals surface area contributed by atoms with Crippen LogP contribution in [0, 0.1) is 0 Å². The number of rotatable bonds is 2. The number of hydrogen-bond acceptors (Lipinski definition) is 2. The third-order valence-electron chi connectivity index (χ3n) is 3.14. The first-order valence-corrected chi connectivity index (χ1v) is 5.94. The van der Waals surface area contributed by atoms with Crippen LogP contribution in [0.5, 0.6) is 0 Å². The van der Waals surface area contributed by atoms with Crippen LogP contribution in [0.25, 0.3) is 0 Å². The molecule has 1 aromatic rings. The minimum absolute atomic E-state index is 0.0168. The lowest BCUT2D eigenvalue weighted by atomic mass is 9.92. The second-order valence-corrected chi connectivity index (χ2v) is 4.95. The standard InChI is InChI=1S/C11H15ClN2O2/c1-6(2)8-9(12)13-11(16)14(10(8)15)7-4-3-5-7/h6-7H,3-5H2,1-2H3,(H,13,16). The number of H-pyrrole nitrogens is 1. The highest BCUT2D eigenvalue weighted by Crippen LogP contribution is 2.29. The highest BCUT2D eigenvalue weighted by atomic mass is 35.5. The Hall–Kier alpha value is -1.03. The number of aromatic nitrogens is 2. The molecule has 0 radical (unpaired) electrons. The zero-order chi connectivity index (χ0) is 11.9. The Kier molecular flexibility index (Phi) is 2.93. The Bertz CT molecular complexity index is 512. The van der Waals surface area contributed by atoms with Gasteiger partial charge in [0, 0.05) is 6.04 Å². The van der Waals surface area contributed by atoms with Crippen LogP contribution in [0.15, 0.2) is 9.59 Å². The van der Waals surface area contributed by atoms with Gasteiger partial charge in [-0.05, 0) is 25.2 Å². The molecule has 1 N–H and O–H groups in total. The van der Waals surface area contributed by atoms with Crippen molar-refractivity contribution >= 4 is 11.6 Å². The molecule has 16 heavy (non-hydrogen) atoms. The third-order valence-corrected chi connectivity index (χ3v) is 3.44. The van der Waals surface area contributed by atoms with Crippen molar-refractivity contribution in [1.82, 2.24) is 9.55 Å². The highest BCUT2D eigenvalue weighted by molar-refractivity contribution is 6.30. The van der Waals surface area contributed by atoms with E-state index in [4.69, 9.17) is 11.6 Å². The van der Waals surface area contributed by atoms with Crippen molar-refractivity contribution in [2.45, 2.75) is 45.1 Å². The molecule has 1 aromatic heterocycles. The van der Waals surface area contributed by atoms with Gasteiger partial charge in [0.15, 0.2) is 0 Å². The van der Waals surface area contributed by atoms with Crippen molar-refractivity contribution in [3.05, 3.63) is 31.6 Å². The normalized spacial score (nSPS) is 16.5. The van der Waals surface area contributed by atoms with Gasteiger partial charge in [-0.15, -0.1) is 0 Å². The van der Waals surface area contributed by atoms with Gasteiger partial charge in [-0.25, -0.2) is 4.79 Å². The average molecular weight is 243 g/mol. The van der Waals surface area contributed by atoms with Gasteiger partial charge in [0.05, 0.1) is 5.56 Å². The topological polar surface area (TPSA) is 54.9 Å². The van der Waals surface area contributed by atoms with Gasteiger partial charge in [-0.3, -0.25) is 14.3 Å². The molecule has 88 valence electrons. The molecule has 1 fully saturated rings. The molecule has 5 heteroatoms. The number of nitrogens with zero attached hydrogens (tertiary/aromatic N) is 1. The molecular weight excluding hydrogens is 228 g/mol. The van der Waals surface area contributed by atoms with Crippen LogP contribution in [-0.2, 0) is 0 Å². The maximum absolute atomic E-state index is 12.1. The Morgan fingerprint density at radius 2 is 2.00 bits per heavy atom. The largest absolute Gasteiger partial charge is 0.329 e. The van der Waals surface area contributed by atoms with Crippen LogP contribution in [0.2, 0.25) is 5.15 Å². The Morgan fingerprint density at radius 1 is 1.38 bits per heavy atom. The van der Waals surface area contributed by atoms with Crippen molar-refractivity contribution in [2.75, 3.05) is 0 Å². The summed E-state index contributed by atoms with van der Waals surface area (Å²) in [6, 6.07) is 0.0611. The first kappa shape index (κ1) is 11.5. The molecule has 0 amide bonds. The van der Waals surface area contributed by atoms with Crippen molar-refractivity contribution in [1.29, 1.82) is 0 Å². The monoisotopic (exact) mass is 242 g/mol. The van der Waals surface area contributed by atoms with Crippen molar-refractivity contribution in [3.8, 4) is 0 Å². The lowest BCUT2D eigenvalue weighted by molar-refractivity contribution is 0.295. The lowest BCUT2D eigenvalue weighted by Crippen LogP contribution is -2.42. The van der Waals surface area contributed by atoms with Gasteiger partial charge in [-0.1, -0.05) is 25.4 Å². The van der Waals surface area contributed by atoms with Gasteiger partial charge in [-0.2, -0.15) is 0 Å². The highest BCUT2D eigenvalue weighted by Gasteiger charge is 2.25. The molecule has 1 aliphatic carbocycles. The molecule has 1 saturated carbocycles. The Labute approximate surface area is 98.3 Å². The van der Waals surface area contributed by atoms with E-state index in [0.29, 0.717) is 5.56 Å². The quantitative estimate of drug-likeness (QED) is 0.807. The molecule has 0 bridgehead atoms. The van der Waals surface area contributed by atoms with Crippen LogP contribution in [0.4, 0.5) is 0 Å². The molecule has 0 saturated heterocycles. The van der Waals surface area contributed by atoms with Crippen LogP contribution in [0.3, 0.4) is 0 Å². The van der Waals surface area contributed by atoms with E-state index in [1.807, 2.05) is 13.8 Å². The fourth-order valence-electron chi connectivity index (χ4n) is 2.01. The van der Waals surface area contributed by atoms with E-state index in [2.05, 4.69) is 4.98 Å². The van der Waals surface area contributed by atoms with E-state index in [1.165, 1.54) is 4.57 Å². The summed E-state index contributed by atoms with van der Waals surface area (Å²) in [5, 5.41) is 0.181. The molecule has 4 nitrogen and oxygen atoms in total.